The van der Waals surface area contributed by atoms with Crippen LogP contribution < -0.4 is 16.8 Å². The van der Waals surface area contributed by atoms with Gasteiger partial charge >= 0.3 is 0 Å². The number of carbonyl (C=O) groups is 2. The van der Waals surface area contributed by atoms with Crippen molar-refractivity contribution in [3.05, 3.63) is 35.4 Å². The average Bonchev–Trinajstić information content (AvgIpc) is 2.65. The monoisotopic (exact) mass is 263 g/mol. The summed E-state index contributed by atoms with van der Waals surface area (Å²) in [7, 11) is 0. The Labute approximate surface area is 110 Å². The van der Waals surface area contributed by atoms with E-state index in [0.29, 0.717) is 6.42 Å². The molecular weight excluding hydrogens is 246 g/mol. The van der Waals surface area contributed by atoms with Crippen LogP contribution in [0.25, 0.3) is 0 Å². The molecule has 3 atom stereocenters. The summed E-state index contributed by atoms with van der Waals surface area (Å²) in [6.07, 6.45) is -0.398. The Kier molecular flexibility index (Phi) is 3.82. The molecule has 1 unspecified atom stereocenters. The Morgan fingerprint density at radius 2 is 2.11 bits per heavy atom. The van der Waals surface area contributed by atoms with E-state index in [2.05, 4.69) is 5.32 Å². The lowest BCUT2D eigenvalue weighted by atomic mass is 10.1. The molecule has 0 aliphatic heterocycles. The Balaban J connectivity index is 2.07. The first kappa shape index (κ1) is 13.5. The molecule has 102 valence electrons. The van der Waals surface area contributed by atoms with Gasteiger partial charge in [0.2, 0.25) is 11.8 Å². The van der Waals surface area contributed by atoms with E-state index in [1.165, 1.54) is 0 Å². The van der Waals surface area contributed by atoms with Gasteiger partial charge in [0, 0.05) is 6.42 Å². The minimum atomic E-state index is -0.988. The highest BCUT2D eigenvalue weighted by atomic mass is 16.3. The first-order valence-electron chi connectivity index (χ1n) is 6.09. The van der Waals surface area contributed by atoms with Crippen molar-refractivity contribution in [2.75, 3.05) is 0 Å². The molecule has 0 saturated carbocycles. The molecule has 2 rings (SSSR count). The van der Waals surface area contributed by atoms with E-state index in [1.807, 2.05) is 24.3 Å². The van der Waals surface area contributed by atoms with Gasteiger partial charge in [-0.3, -0.25) is 9.59 Å². The molecule has 0 fully saturated rings. The van der Waals surface area contributed by atoms with Crippen molar-refractivity contribution in [1.29, 1.82) is 0 Å². The van der Waals surface area contributed by atoms with Crippen LogP contribution in [0.2, 0.25) is 0 Å². The molecule has 6 nitrogen and oxygen atoms in total. The van der Waals surface area contributed by atoms with Gasteiger partial charge in [0.25, 0.3) is 0 Å². The van der Waals surface area contributed by atoms with Gasteiger partial charge in [-0.15, -0.1) is 0 Å². The SMILES string of the molecule is NC(=O)CC(N)C(=O)N[C@H]1c2ccccc2C[C@H]1O. The van der Waals surface area contributed by atoms with Crippen LogP contribution in [-0.4, -0.2) is 29.1 Å². The summed E-state index contributed by atoms with van der Waals surface area (Å²) >= 11 is 0. The van der Waals surface area contributed by atoms with E-state index in [0.717, 1.165) is 11.1 Å². The second kappa shape index (κ2) is 5.38. The summed E-state index contributed by atoms with van der Waals surface area (Å²) in [6, 6.07) is 6.03. The fraction of sp³-hybridized carbons (Fsp3) is 0.385. The molecule has 0 aromatic heterocycles. The number of nitrogens with one attached hydrogen (secondary N) is 1. The molecule has 0 saturated heterocycles. The van der Waals surface area contributed by atoms with E-state index in [4.69, 9.17) is 11.5 Å². The first-order valence-corrected chi connectivity index (χ1v) is 6.09. The highest BCUT2D eigenvalue weighted by molar-refractivity contribution is 5.87. The standard InChI is InChI=1S/C13H17N3O3/c14-9(6-11(15)18)13(19)16-12-8-4-2-1-3-7(8)5-10(12)17/h1-4,9-10,12,17H,5-6,14H2,(H2,15,18)(H,16,19)/t9?,10-,12+/m1/s1. The fourth-order valence-corrected chi connectivity index (χ4v) is 2.32. The van der Waals surface area contributed by atoms with E-state index in [-0.39, 0.29) is 6.42 Å². The zero-order valence-electron chi connectivity index (χ0n) is 10.4. The van der Waals surface area contributed by atoms with Gasteiger partial charge in [0.05, 0.1) is 24.6 Å². The predicted octanol–water partition coefficient (Wildman–Crippen LogP) is -1.04. The topological polar surface area (TPSA) is 118 Å². The predicted molar refractivity (Wildman–Crippen MR) is 68.8 cm³/mol. The quantitative estimate of drug-likeness (QED) is 0.555. The lowest BCUT2D eigenvalue weighted by molar-refractivity contribution is -0.127. The number of aliphatic hydroxyl groups excluding tert-OH is 1. The Morgan fingerprint density at radius 3 is 2.79 bits per heavy atom. The van der Waals surface area contributed by atoms with Gasteiger partial charge < -0.3 is 21.9 Å². The molecule has 0 heterocycles. The molecule has 1 aromatic carbocycles. The smallest absolute Gasteiger partial charge is 0.238 e. The lowest BCUT2D eigenvalue weighted by Crippen LogP contribution is -2.45. The maximum atomic E-state index is 11.8. The van der Waals surface area contributed by atoms with Crippen LogP contribution in [0.3, 0.4) is 0 Å². The number of primary amides is 1. The van der Waals surface area contributed by atoms with Crippen LogP contribution in [0.4, 0.5) is 0 Å². The lowest BCUT2D eigenvalue weighted by Gasteiger charge is -2.20. The highest BCUT2D eigenvalue weighted by Crippen LogP contribution is 2.31. The van der Waals surface area contributed by atoms with Gasteiger partial charge in [0.15, 0.2) is 0 Å². The Morgan fingerprint density at radius 1 is 1.42 bits per heavy atom. The van der Waals surface area contributed by atoms with Crippen LogP contribution >= 0.6 is 0 Å². The van der Waals surface area contributed by atoms with Gasteiger partial charge in [-0.25, -0.2) is 0 Å². The number of hydrogen-bond acceptors (Lipinski definition) is 4. The summed E-state index contributed by atoms with van der Waals surface area (Å²) in [5.74, 6) is -1.12. The Hall–Kier alpha value is -1.92. The summed E-state index contributed by atoms with van der Waals surface area (Å²) in [5, 5.41) is 12.6. The number of rotatable bonds is 4. The van der Waals surface area contributed by atoms with Gasteiger partial charge in [-0.1, -0.05) is 24.3 Å². The van der Waals surface area contributed by atoms with Crippen molar-refractivity contribution < 1.29 is 14.7 Å². The number of amides is 2. The number of nitrogens with two attached hydrogens (primary N) is 2. The van der Waals surface area contributed by atoms with Crippen LogP contribution in [0.15, 0.2) is 24.3 Å². The molecule has 1 aliphatic rings. The molecule has 6 N–H and O–H groups in total. The van der Waals surface area contributed by atoms with Gasteiger partial charge in [-0.2, -0.15) is 0 Å². The van der Waals surface area contributed by atoms with E-state index >= 15 is 0 Å². The van der Waals surface area contributed by atoms with Crippen molar-refractivity contribution in [3.8, 4) is 0 Å². The highest BCUT2D eigenvalue weighted by Gasteiger charge is 2.32. The third-order valence-corrected chi connectivity index (χ3v) is 3.26. The molecule has 0 spiro atoms. The molecule has 2 amide bonds. The normalized spacial score (nSPS) is 22.6. The van der Waals surface area contributed by atoms with Crippen molar-refractivity contribution in [1.82, 2.24) is 5.32 Å². The van der Waals surface area contributed by atoms with E-state index in [1.54, 1.807) is 0 Å². The minimum Gasteiger partial charge on any atom is -0.390 e. The second-order valence-electron chi connectivity index (χ2n) is 4.73. The van der Waals surface area contributed by atoms with E-state index in [9.17, 15) is 14.7 Å². The van der Waals surface area contributed by atoms with Crippen molar-refractivity contribution in [2.45, 2.75) is 31.0 Å². The summed E-state index contributed by atoms with van der Waals surface area (Å²) in [5.41, 5.74) is 12.4. The van der Waals surface area contributed by atoms with Crippen molar-refractivity contribution >= 4 is 11.8 Å². The third-order valence-electron chi connectivity index (χ3n) is 3.26. The summed E-state index contributed by atoms with van der Waals surface area (Å²) in [4.78, 5) is 22.6. The molecule has 1 aromatic rings. The maximum Gasteiger partial charge on any atom is 0.238 e. The first-order chi connectivity index (χ1) is 8.99. The fourth-order valence-electron chi connectivity index (χ4n) is 2.32. The zero-order chi connectivity index (χ0) is 14.0. The van der Waals surface area contributed by atoms with Gasteiger partial charge in [0.1, 0.15) is 0 Å². The average molecular weight is 263 g/mol. The van der Waals surface area contributed by atoms with E-state index < -0.39 is 30.0 Å². The minimum absolute atomic E-state index is 0.212. The summed E-state index contributed by atoms with van der Waals surface area (Å²) < 4.78 is 0. The molecular formula is C13H17N3O3. The molecule has 0 radical (unpaired) electrons. The number of hydrogen-bond donors (Lipinski definition) is 4. The van der Waals surface area contributed by atoms with Crippen LogP contribution in [0.1, 0.15) is 23.6 Å². The third kappa shape index (κ3) is 2.91. The van der Waals surface area contributed by atoms with Gasteiger partial charge in [-0.05, 0) is 11.1 Å². The largest absolute Gasteiger partial charge is 0.390 e. The number of benzene rings is 1. The Bertz CT molecular complexity index is 504. The number of fused-ring (bicyclic) bond motifs is 1. The number of carbonyl (C=O) groups excluding carboxylic acids is 2. The van der Waals surface area contributed by atoms with Crippen LogP contribution in [0, 0.1) is 0 Å². The molecule has 0 bridgehead atoms. The molecule has 6 heteroatoms. The molecule has 1 aliphatic carbocycles. The van der Waals surface area contributed by atoms with Crippen molar-refractivity contribution in [3.63, 3.8) is 0 Å². The number of aliphatic hydroxyl groups is 1. The molecule has 19 heavy (non-hydrogen) atoms. The van der Waals surface area contributed by atoms with Crippen LogP contribution in [-0.2, 0) is 16.0 Å². The zero-order valence-corrected chi connectivity index (χ0v) is 10.4. The van der Waals surface area contributed by atoms with Crippen molar-refractivity contribution in [2.24, 2.45) is 11.5 Å². The second-order valence-corrected chi connectivity index (χ2v) is 4.73. The van der Waals surface area contributed by atoms with Crippen LogP contribution in [0.5, 0.6) is 0 Å². The summed E-state index contributed by atoms with van der Waals surface area (Å²) in [6.45, 7) is 0. The maximum absolute atomic E-state index is 11.8.